The Hall–Kier alpha value is -2.47. The summed E-state index contributed by atoms with van der Waals surface area (Å²) in [6.07, 6.45) is 1.42. The number of aryl methyl sites for hydroxylation is 1. The third kappa shape index (κ3) is 3.92. The molecular weight excluding hydrogens is 444 g/mol. The molecule has 2 saturated heterocycles. The van der Waals surface area contributed by atoms with E-state index < -0.39 is 15.6 Å². The summed E-state index contributed by atoms with van der Waals surface area (Å²) in [6.45, 7) is 11.6. The Morgan fingerprint density at radius 3 is 2.48 bits per heavy atom. The van der Waals surface area contributed by atoms with Gasteiger partial charge in [-0.05, 0) is 45.9 Å². The van der Waals surface area contributed by atoms with Crippen LogP contribution in [-0.2, 0) is 14.8 Å². The van der Waals surface area contributed by atoms with Gasteiger partial charge >= 0.3 is 0 Å². The number of rotatable bonds is 5. The van der Waals surface area contributed by atoms with Crippen LogP contribution in [0.2, 0.25) is 0 Å². The molecule has 0 radical (unpaired) electrons. The van der Waals surface area contributed by atoms with E-state index in [4.69, 9.17) is 9.15 Å². The van der Waals surface area contributed by atoms with Gasteiger partial charge in [0.05, 0.1) is 29.5 Å². The molecule has 2 aliphatic heterocycles. The number of nitrogens with one attached hydrogen (secondary N) is 2. The minimum Gasteiger partial charge on any atom is -0.420 e. The average Bonchev–Trinajstić information content (AvgIpc) is 3.36. The molecule has 0 bridgehead atoms. The van der Waals surface area contributed by atoms with Crippen LogP contribution in [0.4, 0.5) is 5.69 Å². The molecule has 33 heavy (non-hydrogen) atoms. The summed E-state index contributed by atoms with van der Waals surface area (Å²) < 4.78 is 42.8. The monoisotopic (exact) mass is 474 g/mol. The lowest BCUT2D eigenvalue weighted by Gasteiger charge is -2.45. The third-order valence-corrected chi connectivity index (χ3v) is 8.15. The Kier molecular flexibility index (Phi) is 5.27. The van der Waals surface area contributed by atoms with Crippen LogP contribution in [0.15, 0.2) is 33.7 Å². The number of aromatic nitrogens is 3. The molecule has 0 spiro atoms. The number of anilines is 1. The summed E-state index contributed by atoms with van der Waals surface area (Å²) >= 11 is 0. The van der Waals surface area contributed by atoms with Crippen molar-refractivity contribution in [3.63, 3.8) is 0 Å². The van der Waals surface area contributed by atoms with Crippen molar-refractivity contribution in [1.29, 1.82) is 0 Å². The summed E-state index contributed by atoms with van der Waals surface area (Å²) in [7, 11) is -3.82. The van der Waals surface area contributed by atoms with Gasteiger partial charge in [0, 0.05) is 38.3 Å². The van der Waals surface area contributed by atoms with Crippen molar-refractivity contribution in [2.75, 3.05) is 24.6 Å². The molecule has 3 aromatic heterocycles. The number of sulfonamides is 1. The van der Waals surface area contributed by atoms with E-state index in [1.807, 2.05) is 30.4 Å². The third-order valence-electron chi connectivity index (χ3n) is 6.57. The van der Waals surface area contributed by atoms with Gasteiger partial charge in [-0.3, -0.25) is 0 Å². The van der Waals surface area contributed by atoms with Crippen molar-refractivity contribution in [3.05, 3.63) is 30.3 Å². The highest BCUT2D eigenvalue weighted by molar-refractivity contribution is 7.89. The zero-order valence-corrected chi connectivity index (χ0v) is 20.3. The van der Waals surface area contributed by atoms with Crippen LogP contribution < -0.4 is 14.9 Å². The fraction of sp³-hybridized carbons (Fsp3) is 0.545. The molecule has 0 saturated carbocycles. The van der Waals surface area contributed by atoms with Crippen LogP contribution >= 0.6 is 0 Å². The SMILES string of the molecule is Cc1nnc(-c2ccc3c(N4C[C@H](C)N[C@@H](C)C4)cc(S(=O)(=O)NC4(C)COC4C)cn23)o1. The van der Waals surface area contributed by atoms with Gasteiger partial charge < -0.3 is 23.8 Å². The van der Waals surface area contributed by atoms with E-state index in [0.717, 1.165) is 24.3 Å². The molecule has 3 aromatic rings. The molecule has 2 aliphatic rings. The Balaban J connectivity index is 1.66. The lowest BCUT2D eigenvalue weighted by molar-refractivity contribution is -0.120. The molecule has 4 atom stereocenters. The normalized spacial score (nSPS) is 28.3. The number of nitrogens with zero attached hydrogens (tertiary/aromatic N) is 4. The van der Waals surface area contributed by atoms with E-state index in [0.29, 0.717) is 24.1 Å². The van der Waals surface area contributed by atoms with E-state index in [-0.39, 0.29) is 23.1 Å². The summed E-state index contributed by atoms with van der Waals surface area (Å²) in [6, 6.07) is 6.15. The topological polar surface area (TPSA) is 114 Å². The first-order valence-corrected chi connectivity index (χ1v) is 12.7. The minimum atomic E-state index is -3.82. The van der Waals surface area contributed by atoms with Crippen LogP contribution in [0.1, 0.15) is 33.6 Å². The summed E-state index contributed by atoms with van der Waals surface area (Å²) in [5.41, 5.74) is 1.73. The van der Waals surface area contributed by atoms with Gasteiger partial charge in [0.25, 0.3) is 5.89 Å². The second-order valence-electron chi connectivity index (χ2n) is 9.51. The smallest absolute Gasteiger partial charge is 0.264 e. The highest BCUT2D eigenvalue weighted by Gasteiger charge is 2.44. The molecule has 0 amide bonds. The number of piperazine rings is 1. The number of pyridine rings is 1. The molecule has 0 aliphatic carbocycles. The zero-order valence-electron chi connectivity index (χ0n) is 19.5. The molecule has 2 N–H and O–H groups in total. The van der Waals surface area contributed by atoms with Gasteiger partial charge in [0.1, 0.15) is 10.6 Å². The first-order valence-electron chi connectivity index (χ1n) is 11.2. The molecule has 2 fully saturated rings. The second kappa shape index (κ2) is 7.79. The van der Waals surface area contributed by atoms with E-state index in [1.165, 1.54) is 0 Å². The first-order chi connectivity index (χ1) is 15.6. The van der Waals surface area contributed by atoms with E-state index in [9.17, 15) is 8.42 Å². The predicted molar refractivity (Wildman–Crippen MR) is 124 cm³/mol. The van der Waals surface area contributed by atoms with Crippen LogP contribution in [-0.4, -0.2) is 66.4 Å². The summed E-state index contributed by atoms with van der Waals surface area (Å²) in [5.74, 6) is 0.790. The van der Waals surface area contributed by atoms with Crippen LogP contribution in [0.5, 0.6) is 0 Å². The minimum absolute atomic E-state index is 0.179. The maximum absolute atomic E-state index is 13.5. The van der Waals surface area contributed by atoms with E-state index in [2.05, 4.69) is 39.0 Å². The fourth-order valence-electron chi connectivity index (χ4n) is 4.65. The number of fused-ring (bicyclic) bond motifs is 1. The van der Waals surface area contributed by atoms with Gasteiger partial charge in [-0.15, -0.1) is 10.2 Å². The Labute approximate surface area is 193 Å². The fourth-order valence-corrected chi connectivity index (χ4v) is 6.11. The molecule has 178 valence electrons. The Morgan fingerprint density at radius 1 is 1.18 bits per heavy atom. The van der Waals surface area contributed by atoms with Crippen LogP contribution in [0.3, 0.4) is 0 Å². The largest absolute Gasteiger partial charge is 0.420 e. The van der Waals surface area contributed by atoms with Crippen LogP contribution in [0.25, 0.3) is 17.1 Å². The van der Waals surface area contributed by atoms with Gasteiger partial charge in [0.2, 0.25) is 15.9 Å². The molecule has 5 heterocycles. The zero-order chi connectivity index (χ0) is 23.5. The van der Waals surface area contributed by atoms with Gasteiger partial charge in [-0.25, -0.2) is 13.1 Å². The predicted octanol–water partition coefficient (Wildman–Crippen LogP) is 1.94. The van der Waals surface area contributed by atoms with Crippen molar-refractivity contribution in [3.8, 4) is 11.6 Å². The molecule has 2 unspecified atom stereocenters. The molecule has 5 rings (SSSR count). The highest BCUT2D eigenvalue weighted by atomic mass is 32.2. The van der Waals surface area contributed by atoms with Crippen LogP contribution in [0, 0.1) is 6.92 Å². The summed E-state index contributed by atoms with van der Waals surface area (Å²) in [5, 5.41) is 11.6. The number of hydrogen-bond acceptors (Lipinski definition) is 8. The van der Waals surface area contributed by atoms with E-state index >= 15 is 0 Å². The molecule has 10 nitrogen and oxygen atoms in total. The quantitative estimate of drug-likeness (QED) is 0.577. The van der Waals surface area contributed by atoms with Crippen molar-refractivity contribution < 1.29 is 17.6 Å². The van der Waals surface area contributed by atoms with Gasteiger partial charge in [0.15, 0.2) is 0 Å². The Morgan fingerprint density at radius 2 is 1.91 bits per heavy atom. The maximum Gasteiger partial charge on any atom is 0.264 e. The lowest BCUT2D eigenvalue weighted by atomic mass is 9.93. The van der Waals surface area contributed by atoms with Crippen molar-refractivity contribution in [2.45, 2.75) is 63.2 Å². The van der Waals surface area contributed by atoms with Crippen molar-refractivity contribution >= 4 is 21.2 Å². The van der Waals surface area contributed by atoms with Gasteiger partial charge in [-0.1, -0.05) is 0 Å². The standard InChI is InChI=1S/C22H30N6O4S/c1-13-9-27(10-14(2)23-13)20-8-17(33(29,30)26-22(5)12-31-15(22)3)11-28-18(20)6-7-19(28)21-25-24-16(4)32-21/h6-8,11,13-15,23,26H,9-10,12H2,1-5H3/t13-,14-,15?,22?/m0/s1. The van der Waals surface area contributed by atoms with E-state index in [1.54, 1.807) is 19.2 Å². The Bertz CT molecular complexity index is 1290. The lowest BCUT2D eigenvalue weighted by Crippen LogP contribution is -2.65. The van der Waals surface area contributed by atoms with Crippen molar-refractivity contribution in [2.24, 2.45) is 0 Å². The molecule has 11 heteroatoms. The average molecular weight is 475 g/mol. The molecular formula is C22H30N6O4S. The summed E-state index contributed by atoms with van der Waals surface area (Å²) in [4.78, 5) is 2.41. The maximum atomic E-state index is 13.5. The number of ether oxygens (including phenoxy) is 1. The number of hydrogen-bond donors (Lipinski definition) is 2. The first kappa shape index (κ1) is 22.3. The second-order valence-corrected chi connectivity index (χ2v) is 11.2. The molecule has 0 aromatic carbocycles. The highest BCUT2D eigenvalue weighted by Crippen LogP contribution is 2.33. The van der Waals surface area contributed by atoms with Crippen molar-refractivity contribution in [1.82, 2.24) is 24.6 Å². The van der Waals surface area contributed by atoms with Gasteiger partial charge in [-0.2, -0.15) is 0 Å².